The lowest BCUT2D eigenvalue weighted by molar-refractivity contribution is 0.0953. The van der Waals surface area contributed by atoms with Gasteiger partial charge in [0.05, 0.1) is 0 Å². The summed E-state index contributed by atoms with van der Waals surface area (Å²) in [7, 11) is 0. The fourth-order valence-electron chi connectivity index (χ4n) is 1.69. The van der Waals surface area contributed by atoms with Crippen molar-refractivity contribution >= 4 is 16.8 Å². The Morgan fingerprint density at radius 2 is 2.29 bits per heavy atom. The van der Waals surface area contributed by atoms with Crippen LogP contribution in [0.2, 0.25) is 0 Å². The maximum atomic E-state index is 11.8. The molecule has 0 saturated carbocycles. The Morgan fingerprint density at radius 3 is 3.12 bits per heavy atom. The van der Waals surface area contributed by atoms with E-state index in [1.54, 1.807) is 0 Å². The van der Waals surface area contributed by atoms with Crippen LogP contribution in [0.1, 0.15) is 23.2 Å². The van der Waals surface area contributed by atoms with Gasteiger partial charge in [0.1, 0.15) is 0 Å². The van der Waals surface area contributed by atoms with Gasteiger partial charge in [0.15, 0.2) is 0 Å². The number of rotatable bonds is 4. The van der Waals surface area contributed by atoms with Gasteiger partial charge >= 0.3 is 0 Å². The number of aromatic amines is 1. The molecular weight excluding hydrogens is 212 g/mol. The monoisotopic (exact) mass is 226 g/mol. The molecule has 3 nitrogen and oxygen atoms in total. The van der Waals surface area contributed by atoms with Crippen LogP contribution in [0.3, 0.4) is 0 Å². The van der Waals surface area contributed by atoms with Crippen molar-refractivity contribution in [2.45, 2.75) is 12.8 Å². The Balaban J connectivity index is 2.01. The fourth-order valence-corrected chi connectivity index (χ4v) is 1.69. The van der Waals surface area contributed by atoms with Crippen LogP contribution < -0.4 is 5.32 Å². The number of fused-ring (bicyclic) bond motifs is 1. The Bertz CT molecular complexity index is 563. The number of carbonyl (C=O) groups excluding carboxylic acids is 1. The summed E-state index contributed by atoms with van der Waals surface area (Å²) in [5.74, 6) is 2.50. The lowest BCUT2D eigenvalue weighted by Gasteiger charge is -2.04. The number of hydrogen-bond acceptors (Lipinski definition) is 1. The van der Waals surface area contributed by atoms with E-state index in [0.717, 1.165) is 17.3 Å². The average Bonchev–Trinajstić information content (AvgIpc) is 2.81. The highest BCUT2D eigenvalue weighted by Crippen LogP contribution is 2.14. The zero-order chi connectivity index (χ0) is 12.1. The quantitative estimate of drug-likeness (QED) is 0.610. The summed E-state index contributed by atoms with van der Waals surface area (Å²) in [4.78, 5) is 14.9. The molecule has 2 aromatic rings. The maximum Gasteiger partial charge on any atom is 0.251 e. The van der Waals surface area contributed by atoms with E-state index in [2.05, 4.69) is 16.2 Å². The Morgan fingerprint density at radius 1 is 1.41 bits per heavy atom. The highest BCUT2D eigenvalue weighted by molar-refractivity contribution is 5.98. The standard InChI is InChI=1S/C14H14N2O/c1-2-3-4-8-16-14(17)12-5-6-13-11(10-12)7-9-15-13/h1,5-7,9-10,15H,3-4,8H2,(H,16,17). The van der Waals surface area contributed by atoms with Gasteiger partial charge in [0.2, 0.25) is 0 Å². The first-order valence-corrected chi connectivity index (χ1v) is 5.60. The molecule has 0 radical (unpaired) electrons. The minimum atomic E-state index is -0.0508. The molecule has 1 amide bonds. The molecule has 17 heavy (non-hydrogen) atoms. The van der Waals surface area contributed by atoms with Gasteiger partial charge in [-0.1, -0.05) is 0 Å². The van der Waals surface area contributed by atoms with Crippen molar-refractivity contribution < 1.29 is 4.79 Å². The van der Waals surface area contributed by atoms with E-state index in [1.165, 1.54) is 0 Å². The largest absolute Gasteiger partial charge is 0.361 e. The van der Waals surface area contributed by atoms with E-state index in [-0.39, 0.29) is 5.91 Å². The van der Waals surface area contributed by atoms with Gasteiger partial charge < -0.3 is 10.3 Å². The first-order chi connectivity index (χ1) is 8.31. The Hall–Kier alpha value is -2.21. The maximum absolute atomic E-state index is 11.8. The van der Waals surface area contributed by atoms with Crippen LogP contribution in [-0.2, 0) is 0 Å². The van der Waals surface area contributed by atoms with E-state index < -0.39 is 0 Å². The molecule has 0 aliphatic carbocycles. The molecule has 0 unspecified atom stereocenters. The molecular formula is C14H14N2O. The molecule has 1 aromatic carbocycles. The molecule has 0 bridgehead atoms. The van der Waals surface area contributed by atoms with Crippen LogP contribution in [0.5, 0.6) is 0 Å². The lowest BCUT2D eigenvalue weighted by Crippen LogP contribution is -2.24. The third-order valence-electron chi connectivity index (χ3n) is 2.60. The van der Waals surface area contributed by atoms with E-state index >= 15 is 0 Å². The molecule has 0 fully saturated rings. The molecule has 1 heterocycles. The normalized spacial score (nSPS) is 10.1. The van der Waals surface area contributed by atoms with Gasteiger partial charge in [0, 0.05) is 35.6 Å². The summed E-state index contributed by atoms with van der Waals surface area (Å²) in [6, 6.07) is 7.55. The van der Waals surface area contributed by atoms with Gasteiger partial charge in [-0.25, -0.2) is 0 Å². The molecule has 3 heteroatoms. The van der Waals surface area contributed by atoms with Gasteiger partial charge in [-0.2, -0.15) is 0 Å². The second-order valence-electron chi connectivity index (χ2n) is 3.84. The van der Waals surface area contributed by atoms with Crippen LogP contribution in [0.4, 0.5) is 0 Å². The van der Waals surface area contributed by atoms with Crippen molar-refractivity contribution in [3.8, 4) is 12.3 Å². The lowest BCUT2D eigenvalue weighted by atomic mass is 10.1. The van der Waals surface area contributed by atoms with Crippen LogP contribution >= 0.6 is 0 Å². The summed E-state index contributed by atoms with van der Waals surface area (Å²) < 4.78 is 0. The highest BCUT2D eigenvalue weighted by atomic mass is 16.1. The molecule has 86 valence electrons. The van der Waals surface area contributed by atoms with Crippen molar-refractivity contribution in [2.24, 2.45) is 0 Å². The molecule has 0 spiro atoms. The summed E-state index contributed by atoms with van der Waals surface area (Å²) in [5.41, 5.74) is 1.71. The number of hydrogen-bond donors (Lipinski definition) is 2. The predicted octanol–water partition coefficient (Wildman–Crippen LogP) is 2.31. The van der Waals surface area contributed by atoms with Crippen molar-refractivity contribution in [1.82, 2.24) is 10.3 Å². The molecule has 2 rings (SSSR count). The fraction of sp³-hybridized carbons (Fsp3) is 0.214. The smallest absolute Gasteiger partial charge is 0.251 e. The minimum Gasteiger partial charge on any atom is -0.361 e. The Kier molecular flexibility index (Phi) is 3.46. The second kappa shape index (κ2) is 5.22. The Labute approximate surface area is 100 Å². The molecule has 0 atom stereocenters. The minimum absolute atomic E-state index is 0.0508. The van der Waals surface area contributed by atoms with Gasteiger partial charge in [-0.3, -0.25) is 4.79 Å². The van der Waals surface area contributed by atoms with E-state index in [0.29, 0.717) is 18.5 Å². The zero-order valence-electron chi connectivity index (χ0n) is 9.49. The number of H-pyrrole nitrogens is 1. The molecule has 0 aliphatic heterocycles. The summed E-state index contributed by atoms with van der Waals surface area (Å²) in [5, 5.41) is 3.89. The summed E-state index contributed by atoms with van der Waals surface area (Å²) >= 11 is 0. The first kappa shape index (κ1) is 11.3. The van der Waals surface area contributed by atoms with Crippen molar-refractivity contribution in [2.75, 3.05) is 6.54 Å². The third-order valence-corrected chi connectivity index (χ3v) is 2.60. The molecule has 2 N–H and O–H groups in total. The van der Waals surface area contributed by atoms with Crippen LogP contribution in [0, 0.1) is 12.3 Å². The van der Waals surface area contributed by atoms with E-state index in [9.17, 15) is 4.79 Å². The number of unbranched alkanes of at least 4 members (excludes halogenated alkanes) is 1. The predicted molar refractivity (Wildman–Crippen MR) is 68.7 cm³/mol. The number of amides is 1. The topological polar surface area (TPSA) is 44.9 Å². The number of aromatic nitrogens is 1. The number of terminal acetylenes is 1. The number of benzene rings is 1. The van der Waals surface area contributed by atoms with Gasteiger partial charge in [0.25, 0.3) is 5.91 Å². The van der Waals surface area contributed by atoms with Crippen molar-refractivity contribution in [3.05, 3.63) is 36.0 Å². The zero-order valence-corrected chi connectivity index (χ0v) is 9.49. The average molecular weight is 226 g/mol. The molecule has 0 saturated heterocycles. The van der Waals surface area contributed by atoms with E-state index in [1.807, 2.05) is 30.5 Å². The van der Waals surface area contributed by atoms with Gasteiger partial charge in [-0.05, 0) is 30.7 Å². The third kappa shape index (κ3) is 2.67. The van der Waals surface area contributed by atoms with Crippen LogP contribution in [0.25, 0.3) is 10.9 Å². The van der Waals surface area contributed by atoms with E-state index in [4.69, 9.17) is 6.42 Å². The summed E-state index contributed by atoms with van der Waals surface area (Å²) in [6.07, 6.45) is 8.51. The number of carbonyl (C=O) groups is 1. The molecule has 1 aromatic heterocycles. The number of nitrogens with one attached hydrogen (secondary N) is 2. The summed E-state index contributed by atoms with van der Waals surface area (Å²) in [6.45, 7) is 0.619. The first-order valence-electron chi connectivity index (χ1n) is 5.60. The van der Waals surface area contributed by atoms with Crippen molar-refractivity contribution in [1.29, 1.82) is 0 Å². The van der Waals surface area contributed by atoms with Crippen molar-refractivity contribution in [3.63, 3.8) is 0 Å². The van der Waals surface area contributed by atoms with Gasteiger partial charge in [-0.15, -0.1) is 12.3 Å². The molecule has 0 aliphatic rings. The van der Waals surface area contributed by atoms with Crippen LogP contribution in [0.15, 0.2) is 30.5 Å². The van der Waals surface area contributed by atoms with Crippen LogP contribution in [-0.4, -0.2) is 17.4 Å². The highest BCUT2D eigenvalue weighted by Gasteiger charge is 2.05. The SMILES string of the molecule is C#CCCCNC(=O)c1ccc2[nH]ccc2c1. The second-order valence-corrected chi connectivity index (χ2v) is 3.84.